The molecule has 29 heavy (non-hydrogen) atoms. The topological polar surface area (TPSA) is 44.2 Å². The first kappa shape index (κ1) is 20.4. The Labute approximate surface area is 160 Å². The molecule has 3 rings (SSSR count). The summed E-state index contributed by atoms with van der Waals surface area (Å²) in [5.74, 6) is -0.134. The van der Waals surface area contributed by atoms with Gasteiger partial charge < -0.3 is 9.47 Å². The lowest BCUT2D eigenvalue weighted by Gasteiger charge is -2.11. The quantitative estimate of drug-likeness (QED) is 0.463. The number of hydrogen-bond acceptors (Lipinski definition) is 4. The van der Waals surface area contributed by atoms with Crippen molar-refractivity contribution in [2.24, 2.45) is 0 Å². The minimum Gasteiger partial charge on any atom is -0.439 e. The first-order chi connectivity index (χ1) is 13.5. The van der Waals surface area contributed by atoms with Crippen molar-refractivity contribution in [3.05, 3.63) is 71.4 Å². The molecule has 0 spiro atoms. The van der Waals surface area contributed by atoms with Crippen LogP contribution in [0.1, 0.15) is 16.8 Å². The number of halogens is 6. The summed E-state index contributed by atoms with van der Waals surface area (Å²) in [7, 11) is 0. The summed E-state index contributed by atoms with van der Waals surface area (Å²) in [5.41, 5.74) is -1.35. The minimum absolute atomic E-state index is 0.0496. The number of rotatable bonds is 4. The van der Waals surface area contributed by atoms with Gasteiger partial charge in [0.05, 0.1) is 11.1 Å². The van der Waals surface area contributed by atoms with Gasteiger partial charge in [0.15, 0.2) is 0 Å². The monoisotopic (exact) mass is 414 g/mol. The van der Waals surface area contributed by atoms with E-state index in [9.17, 15) is 26.3 Å². The van der Waals surface area contributed by atoms with Crippen LogP contribution in [0.4, 0.5) is 26.3 Å². The zero-order chi connectivity index (χ0) is 21.2. The number of aromatic nitrogens is 2. The Morgan fingerprint density at radius 1 is 0.690 bits per heavy atom. The van der Waals surface area contributed by atoms with Crippen molar-refractivity contribution in [2.45, 2.75) is 19.3 Å². The number of hydrogen-bond donors (Lipinski definition) is 0. The molecular formula is C19H12F6N2O2. The maximum atomic E-state index is 12.8. The molecule has 0 unspecified atom stereocenters. The smallest absolute Gasteiger partial charge is 0.416 e. The Bertz CT molecular complexity index is 1000. The summed E-state index contributed by atoms with van der Waals surface area (Å²) >= 11 is 0. The van der Waals surface area contributed by atoms with Crippen molar-refractivity contribution in [1.82, 2.24) is 9.97 Å². The molecule has 0 saturated carbocycles. The number of benzene rings is 2. The standard InChI is InChI=1S/C19H12F6N2O2/c1-11-9-16(28-15-4-2-3-13(10-15)19(23,24)25)27-17(26-11)29-14-7-5-12(6-8-14)18(20,21)22/h2-10H,1H3. The average molecular weight is 414 g/mol. The largest absolute Gasteiger partial charge is 0.439 e. The third-order valence-electron chi connectivity index (χ3n) is 3.58. The first-order valence-corrected chi connectivity index (χ1v) is 8.06. The molecule has 152 valence electrons. The molecule has 0 fully saturated rings. The second-order valence-electron chi connectivity index (χ2n) is 5.88. The second-order valence-corrected chi connectivity index (χ2v) is 5.88. The molecule has 1 aromatic heterocycles. The van der Waals surface area contributed by atoms with Crippen LogP contribution in [0.2, 0.25) is 0 Å². The van der Waals surface area contributed by atoms with Gasteiger partial charge in [0, 0.05) is 11.8 Å². The zero-order valence-corrected chi connectivity index (χ0v) is 14.7. The van der Waals surface area contributed by atoms with Crippen LogP contribution in [0, 0.1) is 6.92 Å². The van der Waals surface area contributed by atoms with Gasteiger partial charge in [-0.25, -0.2) is 0 Å². The number of ether oxygens (including phenoxy) is 2. The molecule has 0 N–H and O–H groups in total. The lowest BCUT2D eigenvalue weighted by atomic mass is 10.2. The van der Waals surface area contributed by atoms with Crippen LogP contribution >= 0.6 is 0 Å². The highest BCUT2D eigenvalue weighted by Gasteiger charge is 2.31. The van der Waals surface area contributed by atoms with Gasteiger partial charge in [-0.1, -0.05) is 6.07 Å². The summed E-state index contributed by atoms with van der Waals surface area (Å²) in [5, 5.41) is 0. The van der Waals surface area contributed by atoms with E-state index in [1.807, 2.05) is 0 Å². The maximum absolute atomic E-state index is 12.8. The van der Waals surface area contributed by atoms with Crippen LogP contribution in [-0.4, -0.2) is 9.97 Å². The molecule has 10 heteroatoms. The van der Waals surface area contributed by atoms with Crippen molar-refractivity contribution in [3.63, 3.8) is 0 Å². The van der Waals surface area contributed by atoms with Crippen molar-refractivity contribution in [3.8, 4) is 23.4 Å². The van der Waals surface area contributed by atoms with Crippen molar-refractivity contribution >= 4 is 0 Å². The third kappa shape index (κ3) is 5.37. The molecule has 0 radical (unpaired) electrons. The highest BCUT2D eigenvalue weighted by atomic mass is 19.4. The molecule has 0 bridgehead atoms. The van der Waals surface area contributed by atoms with E-state index in [1.54, 1.807) is 6.92 Å². The molecule has 0 amide bonds. The highest BCUT2D eigenvalue weighted by molar-refractivity contribution is 5.34. The van der Waals surface area contributed by atoms with Crippen LogP contribution in [-0.2, 0) is 12.4 Å². The molecule has 0 aliphatic rings. The van der Waals surface area contributed by atoms with Gasteiger partial charge in [-0.15, -0.1) is 0 Å². The van der Waals surface area contributed by atoms with Gasteiger partial charge in [0.25, 0.3) is 0 Å². The SMILES string of the molecule is Cc1cc(Oc2cccc(C(F)(F)F)c2)nc(Oc2ccc(C(F)(F)F)cc2)n1. The van der Waals surface area contributed by atoms with Crippen LogP contribution < -0.4 is 9.47 Å². The Morgan fingerprint density at radius 2 is 1.34 bits per heavy atom. The van der Waals surface area contributed by atoms with E-state index < -0.39 is 23.5 Å². The Hall–Kier alpha value is -3.30. The molecular weight excluding hydrogens is 402 g/mol. The molecule has 1 heterocycles. The highest BCUT2D eigenvalue weighted by Crippen LogP contribution is 2.33. The Balaban J connectivity index is 1.80. The van der Waals surface area contributed by atoms with Gasteiger partial charge in [0.2, 0.25) is 5.88 Å². The number of aryl methyl sites for hydroxylation is 1. The van der Waals surface area contributed by atoms with E-state index in [0.29, 0.717) is 5.69 Å². The van der Waals surface area contributed by atoms with Gasteiger partial charge in [-0.3, -0.25) is 0 Å². The van der Waals surface area contributed by atoms with Crippen LogP contribution in [0.3, 0.4) is 0 Å². The van der Waals surface area contributed by atoms with Crippen molar-refractivity contribution in [1.29, 1.82) is 0 Å². The molecule has 0 aliphatic carbocycles. The molecule has 2 aromatic carbocycles. The lowest BCUT2D eigenvalue weighted by molar-refractivity contribution is -0.138. The average Bonchev–Trinajstić information content (AvgIpc) is 2.60. The van der Waals surface area contributed by atoms with E-state index in [-0.39, 0.29) is 23.4 Å². The van der Waals surface area contributed by atoms with Gasteiger partial charge in [-0.05, 0) is 49.4 Å². The maximum Gasteiger partial charge on any atom is 0.416 e. The number of nitrogens with zero attached hydrogens (tertiary/aromatic N) is 2. The molecule has 4 nitrogen and oxygen atoms in total. The third-order valence-corrected chi connectivity index (χ3v) is 3.58. The Morgan fingerprint density at radius 3 is 1.97 bits per heavy atom. The van der Waals surface area contributed by atoms with E-state index in [1.165, 1.54) is 18.2 Å². The predicted octanol–water partition coefficient (Wildman–Crippen LogP) is 6.41. The predicted molar refractivity (Wildman–Crippen MR) is 89.8 cm³/mol. The summed E-state index contributed by atoms with van der Waals surface area (Å²) in [6, 6.07) is 9.24. The Kier molecular flexibility index (Phi) is 5.36. The molecule has 0 saturated heterocycles. The van der Waals surface area contributed by atoms with Crippen LogP contribution in [0.5, 0.6) is 23.4 Å². The molecule has 0 atom stereocenters. The number of alkyl halides is 6. The van der Waals surface area contributed by atoms with Crippen molar-refractivity contribution in [2.75, 3.05) is 0 Å². The second kappa shape index (κ2) is 7.61. The molecule has 3 aromatic rings. The van der Waals surface area contributed by atoms with Gasteiger partial charge in [-0.2, -0.15) is 36.3 Å². The fraction of sp³-hybridized carbons (Fsp3) is 0.158. The van der Waals surface area contributed by atoms with Gasteiger partial charge >= 0.3 is 18.4 Å². The van der Waals surface area contributed by atoms with Crippen molar-refractivity contribution < 1.29 is 35.8 Å². The van der Waals surface area contributed by atoms with E-state index in [4.69, 9.17) is 9.47 Å². The van der Waals surface area contributed by atoms with Crippen LogP contribution in [0.15, 0.2) is 54.6 Å². The summed E-state index contributed by atoms with van der Waals surface area (Å²) in [4.78, 5) is 7.91. The van der Waals surface area contributed by atoms with Crippen LogP contribution in [0.25, 0.3) is 0 Å². The van der Waals surface area contributed by atoms with E-state index in [0.717, 1.165) is 36.4 Å². The fourth-order valence-corrected chi connectivity index (χ4v) is 2.29. The van der Waals surface area contributed by atoms with E-state index in [2.05, 4.69) is 9.97 Å². The normalized spacial score (nSPS) is 12.0. The summed E-state index contributed by atoms with van der Waals surface area (Å²) in [6.07, 6.45) is -9.01. The summed E-state index contributed by atoms with van der Waals surface area (Å²) in [6.45, 7) is 1.57. The molecule has 0 aliphatic heterocycles. The summed E-state index contributed by atoms with van der Waals surface area (Å²) < 4.78 is 86.9. The fourth-order valence-electron chi connectivity index (χ4n) is 2.29. The first-order valence-electron chi connectivity index (χ1n) is 8.06. The van der Waals surface area contributed by atoms with E-state index >= 15 is 0 Å². The van der Waals surface area contributed by atoms with Gasteiger partial charge in [0.1, 0.15) is 11.5 Å². The lowest BCUT2D eigenvalue weighted by Crippen LogP contribution is -2.05. The minimum atomic E-state index is -4.53. The zero-order valence-electron chi connectivity index (χ0n) is 14.7.